The molecule has 0 aromatic carbocycles. The number of pyridine rings is 1. The number of rotatable bonds is 3. The monoisotopic (exact) mass is 227 g/mol. The standard InChI is InChI=1S/C9H7F2N3O2/c1-5-4-13-7(9(10)11)6(2-3-12)8(5)14(15)16/h4,9H,2H2,1H3. The van der Waals surface area contributed by atoms with E-state index in [0.717, 1.165) is 6.20 Å². The number of alkyl halides is 2. The summed E-state index contributed by atoms with van der Waals surface area (Å²) in [5.41, 5.74) is -1.28. The van der Waals surface area contributed by atoms with E-state index in [1.54, 1.807) is 6.07 Å². The summed E-state index contributed by atoms with van der Waals surface area (Å²) < 4.78 is 25.1. The van der Waals surface area contributed by atoms with Crippen molar-refractivity contribution >= 4 is 5.69 Å². The molecule has 1 aromatic rings. The lowest BCUT2D eigenvalue weighted by Gasteiger charge is -2.07. The molecule has 0 amide bonds. The molecule has 1 rings (SSSR count). The van der Waals surface area contributed by atoms with E-state index < -0.39 is 29.2 Å². The van der Waals surface area contributed by atoms with E-state index in [2.05, 4.69) is 4.98 Å². The van der Waals surface area contributed by atoms with E-state index in [4.69, 9.17) is 5.26 Å². The molecule has 0 unspecified atom stereocenters. The van der Waals surface area contributed by atoms with Crippen LogP contribution < -0.4 is 0 Å². The van der Waals surface area contributed by atoms with Gasteiger partial charge in [-0.25, -0.2) is 8.78 Å². The van der Waals surface area contributed by atoms with Crippen LogP contribution in [-0.2, 0) is 6.42 Å². The minimum Gasteiger partial charge on any atom is -0.258 e. The van der Waals surface area contributed by atoms with Crippen LogP contribution in [0.4, 0.5) is 14.5 Å². The van der Waals surface area contributed by atoms with Crippen LogP contribution in [0.1, 0.15) is 23.2 Å². The van der Waals surface area contributed by atoms with Crippen LogP contribution in [0.5, 0.6) is 0 Å². The predicted molar refractivity (Wildman–Crippen MR) is 49.9 cm³/mol. The van der Waals surface area contributed by atoms with Crippen molar-refractivity contribution in [3.05, 3.63) is 33.1 Å². The Balaban J connectivity index is 3.51. The van der Waals surface area contributed by atoms with Crippen molar-refractivity contribution in [2.45, 2.75) is 19.8 Å². The largest absolute Gasteiger partial charge is 0.280 e. The molecule has 0 N–H and O–H groups in total. The molecule has 0 aliphatic heterocycles. The summed E-state index contributed by atoms with van der Waals surface area (Å²) in [6, 6.07) is 1.62. The van der Waals surface area contributed by atoms with Crippen molar-refractivity contribution in [1.82, 2.24) is 4.98 Å². The zero-order valence-corrected chi connectivity index (χ0v) is 8.28. The van der Waals surface area contributed by atoms with Crippen LogP contribution in [0.2, 0.25) is 0 Å². The first-order chi connectivity index (χ1) is 7.49. The van der Waals surface area contributed by atoms with Gasteiger partial charge in [-0.2, -0.15) is 5.26 Å². The number of hydrogen-bond acceptors (Lipinski definition) is 4. The number of nitriles is 1. The topological polar surface area (TPSA) is 79.8 Å². The number of hydrogen-bond donors (Lipinski definition) is 0. The van der Waals surface area contributed by atoms with E-state index in [1.165, 1.54) is 6.92 Å². The molecule has 0 aliphatic carbocycles. The van der Waals surface area contributed by atoms with Gasteiger partial charge in [-0.05, 0) is 6.92 Å². The summed E-state index contributed by atoms with van der Waals surface area (Å²) in [5.74, 6) is 0. The zero-order chi connectivity index (χ0) is 12.3. The minimum absolute atomic E-state index is 0.166. The molecule has 7 heteroatoms. The van der Waals surface area contributed by atoms with Gasteiger partial charge in [-0.3, -0.25) is 15.1 Å². The highest BCUT2D eigenvalue weighted by Crippen LogP contribution is 2.30. The van der Waals surface area contributed by atoms with Crippen LogP contribution in [0.15, 0.2) is 6.20 Å². The van der Waals surface area contributed by atoms with Crippen LogP contribution in [0, 0.1) is 28.4 Å². The fraction of sp³-hybridized carbons (Fsp3) is 0.333. The second kappa shape index (κ2) is 4.61. The molecular formula is C9H7F2N3O2. The molecule has 0 atom stereocenters. The third-order valence-corrected chi connectivity index (χ3v) is 2.01. The first kappa shape index (κ1) is 12.0. The summed E-state index contributed by atoms with van der Waals surface area (Å²) in [5, 5.41) is 19.2. The third kappa shape index (κ3) is 2.11. The van der Waals surface area contributed by atoms with Gasteiger partial charge in [0.05, 0.1) is 23.0 Å². The van der Waals surface area contributed by atoms with E-state index in [0.29, 0.717) is 0 Å². The average molecular weight is 227 g/mol. The van der Waals surface area contributed by atoms with Gasteiger partial charge in [0, 0.05) is 11.8 Å². The number of nitro groups is 1. The quantitative estimate of drug-likeness (QED) is 0.586. The zero-order valence-electron chi connectivity index (χ0n) is 8.28. The highest BCUT2D eigenvalue weighted by atomic mass is 19.3. The molecule has 0 saturated carbocycles. The number of aromatic nitrogens is 1. The molecular weight excluding hydrogens is 220 g/mol. The molecule has 0 radical (unpaired) electrons. The van der Waals surface area contributed by atoms with Crippen molar-refractivity contribution in [3.8, 4) is 6.07 Å². The molecule has 1 heterocycles. The van der Waals surface area contributed by atoms with E-state index in [-0.39, 0.29) is 11.1 Å². The van der Waals surface area contributed by atoms with E-state index >= 15 is 0 Å². The molecule has 5 nitrogen and oxygen atoms in total. The van der Waals surface area contributed by atoms with Crippen molar-refractivity contribution < 1.29 is 13.7 Å². The molecule has 84 valence electrons. The van der Waals surface area contributed by atoms with Crippen LogP contribution in [0.3, 0.4) is 0 Å². The summed E-state index contributed by atoms with van der Waals surface area (Å²) in [6.07, 6.45) is -2.37. The van der Waals surface area contributed by atoms with E-state index in [9.17, 15) is 18.9 Å². The van der Waals surface area contributed by atoms with Crippen molar-refractivity contribution in [3.63, 3.8) is 0 Å². The molecule has 1 aromatic heterocycles. The Labute approximate surface area is 89.5 Å². The Kier molecular flexibility index (Phi) is 3.45. The Morgan fingerprint density at radius 1 is 1.69 bits per heavy atom. The SMILES string of the molecule is Cc1cnc(C(F)F)c(CC#N)c1[N+](=O)[O-]. The maximum Gasteiger partial charge on any atom is 0.280 e. The molecule has 16 heavy (non-hydrogen) atoms. The lowest BCUT2D eigenvalue weighted by molar-refractivity contribution is -0.386. The second-order valence-electron chi connectivity index (χ2n) is 3.05. The van der Waals surface area contributed by atoms with Crippen molar-refractivity contribution in [2.75, 3.05) is 0 Å². The first-order valence-electron chi connectivity index (χ1n) is 4.27. The summed E-state index contributed by atoms with van der Waals surface area (Å²) in [7, 11) is 0. The van der Waals surface area contributed by atoms with Crippen molar-refractivity contribution in [1.29, 1.82) is 5.26 Å². The average Bonchev–Trinajstić information content (AvgIpc) is 2.17. The van der Waals surface area contributed by atoms with Gasteiger partial charge in [-0.1, -0.05) is 0 Å². The normalized spacial score (nSPS) is 10.2. The van der Waals surface area contributed by atoms with Gasteiger partial charge in [0.1, 0.15) is 5.69 Å². The number of aryl methyl sites for hydroxylation is 1. The van der Waals surface area contributed by atoms with Crippen LogP contribution in [0.25, 0.3) is 0 Å². The van der Waals surface area contributed by atoms with E-state index in [1.807, 2.05) is 0 Å². The lowest BCUT2D eigenvalue weighted by Crippen LogP contribution is -2.05. The third-order valence-electron chi connectivity index (χ3n) is 2.01. The number of halogens is 2. The molecule has 0 fully saturated rings. The Morgan fingerprint density at radius 3 is 2.75 bits per heavy atom. The predicted octanol–water partition coefficient (Wildman–Crippen LogP) is 2.30. The molecule has 0 spiro atoms. The molecule has 0 aliphatic rings. The number of nitrogens with zero attached hydrogens (tertiary/aromatic N) is 3. The van der Waals surface area contributed by atoms with Gasteiger partial charge < -0.3 is 0 Å². The fourth-order valence-corrected chi connectivity index (χ4v) is 1.36. The maximum atomic E-state index is 12.5. The highest BCUT2D eigenvalue weighted by molar-refractivity contribution is 5.49. The smallest absolute Gasteiger partial charge is 0.258 e. The first-order valence-corrected chi connectivity index (χ1v) is 4.27. The van der Waals surface area contributed by atoms with Gasteiger partial charge in [-0.15, -0.1) is 0 Å². The fourth-order valence-electron chi connectivity index (χ4n) is 1.36. The Bertz CT molecular complexity index is 469. The Hall–Kier alpha value is -2.10. The lowest BCUT2D eigenvalue weighted by atomic mass is 10.1. The van der Waals surface area contributed by atoms with Crippen LogP contribution >= 0.6 is 0 Å². The summed E-state index contributed by atoms with van der Waals surface area (Å²) >= 11 is 0. The molecule has 0 bridgehead atoms. The summed E-state index contributed by atoms with van der Waals surface area (Å²) in [4.78, 5) is 13.4. The van der Waals surface area contributed by atoms with Crippen molar-refractivity contribution in [2.24, 2.45) is 0 Å². The minimum atomic E-state index is -2.93. The van der Waals surface area contributed by atoms with Gasteiger partial charge >= 0.3 is 0 Å². The Morgan fingerprint density at radius 2 is 2.31 bits per heavy atom. The van der Waals surface area contributed by atoms with Crippen LogP contribution in [-0.4, -0.2) is 9.91 Å². The maximum absolute atomic E-state index is 12.5. The highest BCUT2D eigenvalue weighted by Gasteiger charge is 2.26. The van der Waals surface area contributed by atoms with Gasteiger partial charge in [0.2, 0.25) is 0 Å². The van der Waals surface area contributed by atoms with Gasteiger partial charge in [0.15, 0.2) is 0 Å². The molecule has 0 saturated heterocycles. The second-order valence-corrected chi connectivity index (χ2v) is 3.05. The summed E-state index contributed by atoms with van der Waals surface area (Å²) in [6.45, 7) is 1.39. The van der Waals surface area contributed by atoms with Gasteiger partial charge in [0.25, 0.3) is 12.1 Å².